The van der Waals surface area contributed by atoms with Crippen molar-refractivity contribution in [1.29, 1.82) is 0 Å². The number of nitrogens with two attached hydrogens (primary N) is 1. The van der Waals surface area contributed by atoms with Crippen LogP contribution in [0, 0.1) is 11.8 Å². The molecule has 5 amide bonds. The van der Waals surface area contributed by atoms with Crippen molar-refractivity contribution in [3.05, 3.63) is 78.0 Å². The summed E-state index contributed by atoms with van der Waals surface area (Å²) in [7, 11) is 1.22. The van der Waals surface area contributed by atoms with E-state index in [1.54, 1.807) is 44.0 Å². The number of nitrogens with one attached hydrogen (secondary N) is 4. The van der Waals surface area contributed by atoms with Crippen molar-refractivity contribution in [1.82, 2.24) is 31.4 Å². The van der Waals surface area contributed by atoms with Crippen LogP contribution in [0.15, 0.2) is 66.7 Å². The van der Waals surface area contributed by atoms with Gasteiger partial charge in [-0.15, -0.1) is 0 Å². The van der Waals surface area contributed by atoms with Crippen LogP contribution >= 0.6 is 0 Å². The number of imide groups is 1. The number of carbonyl (C=O) groups is 6. The standard InChI is InChI=1S/C41H55N7O8/c1-5-36(50)56-34(25-48(24-28-16-10-7-11-17-28)47-40(53)37(26(2)3)46-41(54)55-4)33(22-27-14-8-6-9-15-27)44-38(51)30(42)23-35(49)45-39(52)32-21-20-29-18-12-13-19-31(29)43-32/h6,8-9,12-15,18-21,26,28,30,33-34,37H,5,7,10-11,16-17,22-25,42H2,1-4H3,(H,44,51)(H,46,54)(H,47,53)(H,45,49,52). The van der Waals surface area contributed by atoms with Crippen LogP contribution in [0.3, 0.4) is 0 Å². The number of aromatic nitrogens is 1. The molecule has 15 heteroatoms. The Kier molecular flexibility index (Phi) is 16.7. The lowest BCUT2D eigenvalue weighted by molar-refractivity contribution is -0.153. The lowest BCUT2D eigenvalue weighted by Gasteiger charge is -2.36. The fourth-order valence-corrected chi connectivity index (χ4v) is 6.67. The minimum atomic E-state index is -1.37. The number of fused-ring (bicyclic) bond motifs is 1. The van der Waals surface area contributed by atoms with Crippen molar-refractivity contribution < 1.29 is 38.2 Å². The zero-order chi connectivity index (χ0) is 40.6. The van der Waals surface area contributed by atoms with Crippen molar-refractivity contribution in [3.63, 3.8) is 0 Å². The smallest absolute Gasteiger partial charge is 0.407 e. The van der Waals surface area contributed by atoms with Gasteiger partial charge < -0.3 is 25.8 Å². The van der Waals surface area contributed by atoms with Gasteiger partial charge in [-0.05, 0) is 48.8 Å². The van der Waals surface area contributed by atoms with E-state index in [1.165, 1.54) is 13.2 Å². The van der Waals surface area contributed by atoms with Gasteiger partial charge in [-0.1, -0.05) is 94.6 Å². The van der Waals surface area contributed by atoms with Crippen LogP contribution in [-0.4, -0.2) is 90.1 Å². The second-order valence-electron chi connectivity index (χ2n) is 14.5. The summed E-state index contributed by atoms with van der Waals surface area (Å²) in [6, 6.07) is 16.6. The van der Waals surface area contributed by atoms with Crippen molar-refractivity contribution in [2.75, 3.05) is 20.2 Å². The Morgan fingerprint density at radius 2 is 1.59 bits per heavy atom. The molecule has 0 aliphatic heterocycles. The number of methoxy groups -OCH3 is 1. The molecule has 302 valence electrons. The Balaban J connectivity index is 1.55. The van der Waals surface area contributed by atoms with Gasteiger partial charge in [-0.3, -0.25) is 34.7 Å². The van der Waals surface area contributed by atoms with E-state index in [4.69, 9.17) is 15.2 Å². The fraction of sp³-hybridized carbons (Fsp3) is 0.488. The van der Waals surface area contributed by atoms with Gasteiger partial charge in [0.2, 0.25) is 11.8 Å². The zero-order valence-corrected chi connectivity index (χ0v) is 32.6. The SMILES string of the molecule is CCC(=O)OC(CN(CC1CCCCC1)NC(=O)C(NC(=O)OC)C(C)C)C(Cc1ccccc1)NC(=O)C(N)CC(=O)NC(=O)c1ccc2ccccc2n1. The highest BCUT2D eigenvalue weighted by Gasteiger charge is 2.34. The van der Waals surface area contributed by atoms with E-state index in [9.17, 15) is 28.8 Å². The maximum atomic E-state index is 13.7. The molecule has 0 saturated heterocycles. The largest absolute Gasteiger partial charge is 0.459 e. The molecule has 1 saturated carbocycles. The van der Waals surface area contributed by atoms with E-state index in [-0.39, 0.29) is 36.9 Å². The third-order valence-corrected chi connectivity index (χ3v) is 9.75. The molecule has 15 nitrogen and oxygen atoms in total. The van der Waals surface area contributed by atoms with E-state index < -0.39 is 66.3 Å². The number of benzene rings is 2. The van der Waals surface area contributed by atoms with Crippen molar-refractivity contribution in [3.8, 4) is 0 Å². The van der Waals surface area contributed by atoms with Gasteiger partial charge in [-0.2, -0.15) is 0 Å². The molecule has 4 atom stereocenters. The second kappa shape index (κ2) is 21.6. The molecule has 4 rings (SSSR count). The molecule has 6 N–H and O–H groups in total. The van der Waals surface area contributed by atoms with Gasteiger partial charge >= 0.3 is 12.1 Å². The number of para-hydroxylation sites is 1. The topological polar surface area (TPSA) is 211 Å². The Hall–Kier alpha value is -5.41. The number of carbonyl (C=O) groups excluding carboxylic acids is 6. The summed E-state index contributed by atoms with van der Waals surface area (Å²) >= 11 is 0. The van der Waals surface area contributed by atoms with Gasteiger partial charge in [0.05, 0.1) is 37.7 Å². The molecular weight excluding hydrogens is 718 g/mol. The number of esters is 1. The van der Waals surface area contributed by atoms with Gasteiger partial charge in [0.15, 0.2) is 0 Å². The molecule has 2 aromatic carbocycles. The van der Waals surface area contributed by atoms with E-state index >= 15 is 0 Å². The van der Waals surface area contributed by atoms with E-state index in [0.29, 0.717) is 12.1 Å². The van der Waals surface area contributed by atoms with Crippen LogP contribution in [-0.2, 0) is 35.1 Å². The monoisotopic (exact) mass is 773 g/mol. The van der Waals surface area contributed by atoms with Gasteiger partial charge in [0.25, 0.3) is 11.8 Å². The van der Waals surface area contributed by atoms with Crippen LogP contribution in [0.2, 0.25) is 0 Å². The zero-order valence-electron chi connectivity index (χ0n) is 32.6. The van der Waals surface area contributed by atoms with Gasteiger partial charge in [-0.25, -0.2) is 14.8 Å². The Bertz CT molecular complexity index is 1800. The maximum absolute atomic E-state index is 13.7. The molecular formula is C41H55N7O8. The van der Waals surface area contributed by atoms with E-state index in [1.807, 2.05) is 42.5 Å². The molecule has 3 aromatic rings. The number of alkyl carbamates (subject to hydrolysis) is 1. The number of pyridine rings is 1. The van der Waals surface area contributed by atoms with E-state index in [0.717, 1.165) is 43.1 Å². The lowest BCUT2D eigenvalue weighted by Crippen LogP contribution is -2.60. The first-order valence-electron chi connectivity index (χ1n) is 19.3. The number of hydrogen-bond donors (Lipinski definition) is 5. The summed E-state index contributed by atoms with van der Waals surface area (Å²) in [5, 5.41) is 10.3. The molecule has 56 heavy (non-hydrogen) atoms. The first-order valence-corrected chi connectivity index (χ1v) is 19.3. The molecule has 0 radical (unpaired) electrons. The first kappa shape index (κ1) is 43.3. The molecule has 0 bridgehead atoms. The molecule has 1 heterocycles. The Morgan fingerprint density at radius 3 is 2.27 bits per heavy atom. The highest BCUT2D eigenvalue weighted by molar-refractivity contribution is 6.05. The number of nitrogens with zero attached hydrogens (tertiary/aromatic N) is 2. The van der Waals surface area contributed by atoms with Crippen LogP contribution < -0.4 is 27.1 Å². The summed E-state index contributed by atoms with van der Waals surface area (Å²) in [6.07, 6.45) is 3.09. The van der Waals surface area contributed by atoms with Crippen LogP contribution in [0.4, 0.5) is 4.79 Å². The average Bonchev–Trinajstić information content (AvgIpc) is 3.19. The van der Waals surface area contributed by atoms with Crippen LogP contribution in [0.1, 0.15) is 81.8 Å². The predicted molar refractivity (Wildman–Crippen MR) is 210 cm³/mol. The minimum absolute atomic E-state index is 0.0161. The number of amides is 5. The minimum Gasteiger partial charge on any atom is -0.459 e. The average molecular weight is 774 g/mol. The normalized spacial score (nSPS) is 15.3. The van der Waals surface area contributed by atoms with Gasteiger partial charge in [0, 0.05) is 18.4 Å². The number of rotatable bonds is 18. The number of hydrazine groups is 1. The maximum Gasteiger partial charge on any atom is 0.407 e. The first-order chi connectivity index (χ1) is 26.9. The molecule has 1 fully saturated rings. The molecule has 1 aliphatic carbocycles. The van der Waals surface area contributed by atoms with E-state index in [2.05, 4.69) is 26.4 Å². The van der Waals surface area contributed by atoms with Crippen molar-refractivity contribution >= 4 is 46.6 Å². The van der Waals surface area contributed by atoms with Crippen LogP contribution in [0.5, 0.6) is 0 Å². The summed E-state index contributed by atoms with van der Waals surface area (Å²) in [5.41, 5.74) is 10.7. The fourth-order valence-electron chi connectivity index (χ4n) is 6.67. The van der Waals surface area contributed by atoms with Gasteiger partial charge in [0.1, 0.15) is 17.8 Å². The third kappa shape index (κ3) is 13.4. The predicted octanol–water partition coefficient (Wildman–Crippen LogP) is 3.55. The third-order valence-electron chi connectivity index (χ3n) is 9.75. The van der Waals surface area contributed by atoms with Crippen LogP contribution in [0.25, 0.3) is 10.9 Å². The molecule has 1 aromatic heterocycles. The van der Waals surface area contributed by atoms with Crippen molar-refractivity contribution in [2.45, 2.75) is 96.4 Å². The molecule has 1 aliphatic rings. The summed E-state index contributed by atoms with van der Waals surface area (Å²) in [4.78, 5) is 82.7. The van der Waals surface area contributed by atoms with Crippen molar-refractivity contribution in [2.24, 2.45) is 17.6 Å². The summed E-state index contributed by atoms with van der Waals surface area (Å²) < 4.78 is 10.8. The quantitative estimate of drug-likeness (QED) is 0.0932. The number of ether oxygens (including phenoxy) is 2. The Labute approximate surface area is 327 Å². The Morgan fingerprint density at radius 1 is 0.893 bits per heavy atom. The molecule has 4 unspecified atom stereocenters. The second-order valence-corrected chi connectivity index (χ2v) is 14.5. The molecule has 0 spiro atoms. The summed E-state index contributed by atoms with van der Waals surface area (Å²) in [5.74, 6) is -3.28. The lowest BCUT2D eigenvalue weighted by atomic mass is 9.89. The summed E-state index contributed by atoms with van der Waals surface area (Å²) in [6.45, 7) is 5.66. The highest BCUT2D eigenvalue weighted by atomic mass is 16.5. The number of hydrogen-bond acceptors (Lipinski definition) is 11. The highest BCUT2D eigenvalue weighted by Crippen LogP contribution is 2.25.